The van der Waals surface area contributed by atoms with Crippen molar-refractivity contribution in [3.63, 3.8) is 0 Å². The predicted molar refractivity (Wildman–Crippen MR) is 106 cm³/mol. The summed E-state index contributed by atoms with van der Waals surface area (Å²) in [4.78, 5) is 26.4. The summed E-state index contributed by atoms with van der Waals surface area (Å²) < 4.78 is 2.05. The summed E-state index contributed by atoms with van der Waals surface area (Å²) in [6, 6.07) is 11.9. The van der Waals surface area contributed by atoms with E-state index in [1.165, 1.54) is 0 Å². The number of hydrogen-bond acceptors (Lipinski definition) is 4. The third kappa shape index (κ3) is 3.52. The first-order valence-electron chi connectivity index (χ1n) is 9.54. The molecule has 27 heavy (non-hydrogen) atoms. The number of amides is 1. The lowest BCUT2D eigenvalue weighted by molar-refractivity contribution is 0.0743. The minimum Gasteiger partial charge on any atom is -0.353 e. The Morgan fingerprint density at radius 3 is 2.56 bits per heavy atom. The van der Waals surface area contributed by atoms with Crippen LogP contribution in [0.2, 0.25) is 0 Å². The van der Waals surface area contributed by atoms with Gasteiger partial charge >= 0.3 is 0 Å². The number of pyridine rings is 2. The molecule has 0 aromatic carbocycles. The average Bonchev–Trinajstić information content (AvgIpc) is 3.06. The van der Waals surface area contributed by atoms with Crippen LogP contribution in [0.15, 0.2) is 48.8 Å². The Morgan fingerprint density at radius 1 is 1.07 bits per heavy atom. The molecule has 1 aliphatic heterocycles. The molecule has 0 spiro atoms. The Morgan fingerprint density at radius 2 is 1.85 bits per heavy atom. The lowest BCUT2D eigenvalue weighted by Gasteiger charge is -2.35. The van der Waals surface area contributed by atoms with Crippen LogP contribution in [0.1, 0.15) is 30.2 Å². The Balaban J connectivity index is 1.54. The zero-order valence-corrected chi connectivity index (χ0v) is 15.9. The van der Waals surface area contributed by atoms with Gasteiger partial charge in [0.2, 0.25) is 0 Å². The van der Waals surface area contributed by atoms with Gasteiger partial charge in [0.05, 0.1) is 5.52 Å². The first kappa shape index (κ1) is 17.5. The highest BCUT2D eigenvalue weighted by Gasteiger charge is 2.26. The fourth-order valence-electron chi connectivity index (χ4n) is 3.60. The molecule has 0 saturated carbocycles. The summed E-state index contributed by atoms with van der Waals surface area (Å²) in [5.41, 5.74) is 1.46. The van der Waals surface area contributed by atoms with Crippen molar-refractivity contribution < 1.29 is 4.79 Å². The van der Waals surface area contributed by atoms with Gasteiger partial charge in [-0.15, -0.1) is 0 Å². The molecule has 0 bridgehead atoms. The van der Waals surface area contributed by atoms with Gasteiger partial charge in [-0.1, -0.05) is 26.0 Å². The van der Waals surface area contributed by atoms with Crippen LogP contribution in [-0.4, -0.2) is 51.4 Å². The van der Waals surface area contributed by atoms with E-state index in [-0.39, 0.29) is 5.91 Å². The molecule has 1 fully saturated rings. The fraction of sp³-hybridized carbons (Fsp3) is 0.381. The minimum atomic E-state index is 0.0226. The Hall–Kier alpha value is -2.89. The van der Waals surface area contributed by atoms with Gasteiger partial charge < -0.3 is 14.2 Å². The lowest BCUT2D eigenvalue weighted by Crippen LogP contribution is -2.49. The molecule has 3 aromatic heterocycles. The number of fused-ring (bicyclic) bond motifs is 1. The highest BCUT2D eigenvalue weighted by molar-refractivity contribution is 5.99. The van der Waals surface area contributed by atoms with Crippen molar-refractivity contribution in [3.05, 3.63) is 60.3 Å². The van der Waals surface area contributed by atoms with Crippen LogP contribution in [0.25, 0.3) is 5.52 Å². The van der Waals surface area contributed by atoms with E-state index in [0.717, 1.165) is 36.7 Å². The van der Waals surface area contributed by atoms with E-state index in [2.05, 4.69) is 28.1 Å². The Labute approximate surface area is 159 Å². The number of imidazole rings is 1. The molecule has 140 valence electrons. The largest absolute Gasteiger partial charge is 0.353 e. The molecule has 1 aliphatic rings. The van der Waals surface area contributed by atoms with Crippen molar-refractivity contribution in [3.8, 4) is 0 Å². The van der Waals surface area contributed by atoms with Gasteiger partial charge in [-0.2, -0.15) is 0 Å². The van der Waals surface area contributed by atoms with Crippen LogP contribution in [0, 0.1) is 5.92 Å². The minimum absolute atomic E-state index is 0.0226. The van der Waals surface area contributed by atoms with Crippen LogP contribution in [0.5, 0.6) is 0 Å². The smallest absolute Gasteiger partial charge is 0.274 e. The summed E-state index contributed by atoms with van der Waals surface area (Å²) in [6.07, 6.45) is 4.65. The molecule has 0 N–H and O–H groups in total. The summed E-state index contributed by atoms with van der Waals surface area (Å²) >= 11 is 0. The molecule has 0 radical (unpaired) electrons. The quantitative estimate of drug-likeness (QED) is 0.715. The van der Waals surface area contributed by atoms with Gasteiger partial charge in [0, 0.05) is 45.0 Å². The molecule has 1 amide bonds. The summed E-state index contributed by atoms with van der Waals surface area (Å²) in [7, 11) is 0. The zero-order chi connectivity index (χ0) is 18.8. The molecular formula is C21H25N5O. The molecule has 3 aromatic rings. The number of nitrogens with zero attached hydrogens (tertiary/aromatic N) is 5. The first-order chi connectivity index (χ1) is 13.1. The number of anilines is 1. The van der Waals surface area contributed by atoms with E-state index in [1.54, 1.807) is 6.20 Å². The lowest BCUT2D eigenvalue weighted by atomic mass is 10.1. The van der Waals surface area contributed by atoms with E-state index < -0.39 is 0 Å². The first-order valence-corrected chi connectivity index (χ1v) is 9.54. The zero-order valence-electron chi connectivity index (χ0n) is 15.9. The fourth-order valence-corrected chi connectivity index (χ4v) is 3.60. The van der Waals surface area contributed by atoms with Crippen molar-refractivity contribution in [1.29, 1.82) is 0 Å². The Kier molecular flexibility index (Phi) is 4.79. The molecule has 0 aliphatic carbocycles. The summed E-state index contributed by atoms with van der Waals surface area (Å²) in [5.74, 6) is 2.43. The van der Waals surface area contributed by atoms with Crippen LogP contribution >= 0.6 is 0 Å². The molecule has 0 atom stereocenters. The number of aromatic nitrogens is 3. The van der Waals surface area contributed by atoms with Gasteiger partial charge in [-0.3, -0.25) is 4.79 Å². The number of hydrogen-bond donors (Lipinski definition) is 0. The molecule has 6 nitrogen and oxygen atoms in total. The third-order valence-corrected chi connectivity index (χ3v) is 4.95. The number of piperazine rings is 1. The van der Waals surface area contributed by atoms with E-state index in [0.29, 0.717) is 24.7 Å². The second-order valence-electron chi connectivity index (χ2n) is 7.40. The van der Waals surface area contributed by atoms with E-state index >= 15 is 0 Å². The topological polar surface area (TPSA) is 53.7 Å². The molecule has 4 heterocycles. The van der Waals surface area contributed by atoms with E-state index in [4.69, 9.17) is 4.98 Å². The molecule has 4 rings (SSSR count). The van der Waals surface area contributed by atoms with Crippen molar-refractivity contribution in [2.45, 2.75) is 20.3 Å². The van der Waals surface area contributed by atoms with Crippen molar-refractivity contribution in [1.82, 2.24) is 19.3 Å². The number of carbonyl (C=O) groups excluding carboxylic acids is 1. The normalized spacial score (nSPS) is 14.9. The number of rotatable bonds is 4. The van der Waals surface area contributed by atoms with Crippen LogP contribution in [-0.2, 0) is 6.42 Å². The maximum absolute atomic E-state index is 13.2. The van der Waals surface area contributed by atoms with E-state index in [1.807, 2.05) is 47.5 Å². The number of carbonyl (C=O) groups is 1. The van der Waals surface area contributed by atoms with Gasteiger partial charge in [-0.25, -0.2) is 9.97 Å². The maximum atomic E-state index is 13.2. The van der Waals surface area contributed by atoms with Crippen molar-refractivity contribution in [2.75, 3.05) is 31.1 Å². The summed E-state index contributed by atoms with van der Waals surface area (Å²) in [6.45, 7) is 7.27. The van der Waals surface area contributed by atoms with Crippen LogP contribution in [0.4, 0.5) is 5.82 Å². The van der Waals surface area contributed by atoms with Crippen molar-refractivity contribution >= 4 is 17.2 Å². The predicted octanol–water partition coefficient (Wildman–Crippen LogP) is 2.89. The molecule has 1 saturated heterocycles. The molecule has 0 unspecified atom stereocenters. The third-order valence-electron chi connectivity index (χ3n) is 4.95. The monoisotopic (exact) mass is 363 g/mol. The van der Waals surface area contributed by atoms with E-state index in [9.17, 15) is 4.79 Å². The molecule has 6 heteroatoms. The second kappa shape index (κ2) is 7.39. The van der Waals surface area contributed by atoms with Crippen molar-refractivity contribution in [2.24, 2.45) is 5.92 Å². The second-order valence-corrected chi connectivity index (χ2v) is 7.40. The average molecular weight is 363 g/mol. The Bertz CT molecular complexity index is 926. The van der Waals surface area contributed by atoms with Gasteiger partial charge in [-0.05, 0) is 30.2 Å². The SMILES string of the molecule is CC(C)Cc1nc(C(=O)N2CCN(c3ccccn3)CC2)c2ccccn12. The van der Waals surface area contributed by atoms with Gasteiger partial charge in [0.15, 0.2) is 5.69 Å². The highest BCUT2D eigenvalue weighted by atomic mass is 16.2. The highest BCUT2D eigenvalue weighted by Crippen LogP contribution is 2.19. The molecular weight excluding hydrogens is 338 g/mol. The maximum Gasteiger partial charge on any atom is 0.274 e. The van der Waals surface area contributed by atoms with Gasteiger partial charge in [0.25, 0.3) is 5.91 Å². The van der Waals surface area contributed by atoms with Crippen LogP contribution in [0.3, 0.4) is 0 Å². The summed E-state index contributed by atoms with van der Waals surface area (Å²) in [5, 5.41) is 0. The van der Waals surface area contributed by atoms with Crippen LogP contribution < -0.4 is 4.90 Å². The van der Waals surface area contributed by atoms with Gasteiger partial charge in [0.1, 0.15) is 11.6 Å². The standard InChI is InChI=1S/C21H25N5O/c1-16(2)15-19-23-20(17-7-4-6-10-26(17)19)21(27)25-13-11-24(12-14-25)18-8-3-5-9-22-18/h3-10,16H,11-15H2,1-2H3.